The number of amides is 2. The molecule has 1 aromatic carbocycles. The van der Waals surface area contributed by atoms with Gasteiger partial charge >= 0.3 is 0 Å². The molecule has 2 N–H and O–H groups in total. The molecule has 1 aliphatic rings. The normalized spacial score (nSPS) is 15.1. The number of ether oxygens (including phenoxy) is 1. The summed E-state index contributed by atoms with van der Waals surface area (Å²) in [5, 5.41) is 5.25. The first-order chi connectivity index (χ1) is 12.4. The Kier molecular flexibility index (Phi) is 5.16. The summed E-state index contributed by atoms with van der Waals surface area (Å²) in [6.07, 6.45) is 0.548. The van der Waals surface area contributed by atoms with E-state index in [1.807, 2.05) is 38.1 Å². The van der Waals surface area contributed by atoms with Crippen LogP contribution in [-0.2, 0) is 16.0 Å². The van der Waals surface area contributed by atoms with Gasteiger partial charge in [-0.25, -0.2) is 9.97 Å². The summed E-state index contributed by atoms with van der Waals surface area (Å²) in [5.74, 6) is 0.952. The Balaban J connectivity index is 1.69. The number of rotatable bonds is 5. The van der Waals surface area contributed by atoms with Gasteiger partial charge in [0, 0.05) is 24.7 Å². The van der Waals surface area contributed by atoms with E-state index in [4.69, 9.17) is 4.74 Å². The largest absolute Gasteiger partial charge is 0.487 e. The zero-order valence-electron chi connectivity index (χ0n) is 15.1. The van der Waals surface area contributed by atoms with Crippen molar-refractivity contribution < 1.29 is 14.3 Å². The fraction of sp³-hybridized carbons (Fsp3) is 0.368. The van der Waals surface area contributed by atoms with Gasteiger partial charge in [-0.05, 0) is 31.5 Å². The minimum atomic E-state index is -0.238. The van der Waals surface area contributed by atoms with Crippen LogP contribution in [0.25, 0.3) is 11.4 Å². The lowest BCUT2D eigenvalue weighted by Gasteiger charge is -2.13. The average molecular weight is 354 g/mol. The standard InChI is InChI=1S/C19H22N4O3/c1-11-7-12(2)23-19(22-11)16-6-4-5-14-8-15(26-18(14)16)9-21-17(25)10-20-13(3)24/h4-7,15H,8-10H2,1-3H3,(H,20,24)(H,21,25). The van der Waals surface area contributed by atoms with Gasteiger partial charge in [-0.3, -0.25) is 9.59 Å². The van der Waals surface area contributed by atoms with Crippen molar-refractivity contribution in [1.29, 1.82) is 0 Å². The summed E-state index contributed by atoms with van der Waals surface area (Å²) >= 11 is 0. The summed E-state index contributed by atoms with van der Waals surface area (Å²) in [7, 11) is 0. The first kappa shape index (κ1) is 17.8. The van der Waals surface area contributed by atoms with Gasteiger partial charge in [-0.1, -0.05) is 12.1 Å². The van der Waals surface area contributed by atoms with Crippen LogP contribution in [0.1, 0.15) is 23.9 Å². The van der Waals surface area contributed by atoms with Crippen molar-refractivity contribution in [3.8, 4) is 17.1 Å². The topological polar surface area (TPSA) is 93.2 Å². The molecule has 2 aromatic rings. The van der Waals surface area contributed by atoms with Crippen molar-refractivity contribution >= 4 is 11.8 Å². The Morgan fingerprint density at radius 2 is 1.92 bits per heavy atom. The van der Waals surface area contributed by atoms with Gasteiger partial charge in [0.2, 0.25) is 11.8 Å². The summed E-state index contributed by atoms with van der Waals surface area (Å²) < 4.78 is 6.07. The molecular formula is C19H22N4O3. The number of para-hydroxylation sites is 1. The van der Waals surface area contributed by atoms with Crippen molar-refractivity contribution in [3.05, 3.63) is 41.2 Å². The maximum absolute atomic E-state index is 11.7. The molecule has 1 unspecified atom stereocenters. The second kappa shape index (κ2) is 7.51. The van der Waals surface area contributed by atoms with Gasteiger partial charge in [-0.2, -0.15) is 0 Å². The number of hydrogen-bond donors (Lipinski definition) is 2. The van der Waals surface area contributed by atoms with E-state index in [0.29, 0.717) is 18.8 Å². The van der Waals surface area contributed by atoms with E-state index in [1.54, 1.807) is 0 Å². The molecule has 0 fully saturated rings. The van der Waals surface area contributed by atoms with Crippen LogP contribution in [0.5, 0.6) is 5.75 Å². The van der Waals surface area contributed by atoms with Crippen molar-refractivity contribution in [2.75, 3.05) is 13.1 Å². The van der Waals surface area contributed by atoms with E-state index in [-0.39, 0.29) is 24.5 Å². The lowest BCUT2D eigenvalue weighted by atomic mass is 10.1. The number of benzene rings is 1. The number of fused-ring (bicyclic) bond motifs is 1. The highest BCUT2D eigenvalue weighted by atomic mass is 16.5. The molecule has 1 aliphatic heterocycles. The highest BCUT2D eigenvalue weighted by Crippen LogP contribution is 2.37. The molecular weight excluding hydrogens is 332 g/mol. The molecule has 3 rings (SSSR count). The second-order valence-corrected chi connectivity index (χ2v) is 6.43. The Morgan fingerprint density at radius 1 is 1.19 bits per heavy atom. The molecule has 0 spiro atoms. The molecule has 1 aromatic heterocycles. The quantitative estimate of drug-likeness (QED) is 0.845. The van der Waals surface area contributed by atoms with Gasteiger partial charge < -0.3 is 15.4 Å². The number of aryl methyl sites for hydroxylation is 2. The van der Waals surface area contributed by atoms with E-state index in [2.05, 4.69) is 20.6 Å². The number of carbonyl (C=O) groups excluding carboxylic acids is 2. The smallest absolute Gasteiger partial charge is 0.239 e. The predicted molar refractivity (Wildman–Crippen MR) is 96.8 cm³/mol. The number of aromatic nitrogens is 2. The van der Waals surface area contributed by atoms with E-state index < -0.39 is 0 Å². The molecule has 0 radical (unpaired) electrons. The molecule has 0 saturated heterocycles. The predicted octanol–water partition coefficient (Wildman–Crippen LogP) is 1.32. The molecule has 136 valence electrons. The van der Waals surface area contributed by atoms with Crippen LogP contribution >= 0.6 is 0 Å². The Morgan fingerprint density at radius 3 is 2.62 bits per heavy atom. The number of nitrogens with zero attached hydrogens (tertiary/aromatic N) is 2. The zero-order chi connectivity index (χ0) is 18.7. The summed E-state index contributed by atoms with van der Waals surface area (Å²) in [4.78, 5) is 31.6. The highest BCUT2D eigenvalue weighted by molar-refractivity contribution is 5.83. The second-order valence-electron chi connectivity index (χ2n) is 6.43. The molecule has 7 nitrogen and oxygen atoms in total. The molecule has 26 heavy (non-hydrogen) atoms. The van der Waals surface area contributed by atoms with Gasteiger partial charge in [0.15, 0.2) is 5.82 Å². The van der Waals surface area contributed by atoms with Crippen LogP contribution in [0.15, 0.2) is 24.3 Å². The van der Waals surface area contributed by atoms with Crippen LogP contribution in [-0.4, -0.2) is 41.0 Å². The Labute approximate surface area is 152 Å². The van der Waals surface area contributed by atoms with Crippen molar-refractivity contribution in [2.45, 2.75) is 33.3 Å². The van der Waals surface area contributed by atoms with E-state index in [0.717, 1.165) is 28.3 Å². The van der Waals surface area contributed by atoms with Crippen LogP contribution in [0.3, 0.4) is 0 Å². The third kappa shape index (κ3) is 4.17. The lowest BCUT2D eigenvalue weighted by molar-refractivity contribution is -0.125. The number of nitrogens with one attached hydrogen (secondary N) is 2. The van der Waals surface area contributed by atoms with Gasteiger partial charge in [0.05, 0.1) is 18.7 Å². The summed E-state index contributed by atoms with van der Waals surface area (Å²) in [5.41, 5.74) is 3.75. The van der Waals surface area contributed by atoms with Crippen LogP contribution < -0.4 is 15.4 Å². The molecule has 0 saturated carbocycles. The van der Waals surface area contributed by atoms with Crippen LogP contribution in [0.2, 0.25) is 0 Å². The van der Waals surface area contributed by atoms with Gasteiger partial charge in [0.1, 0.15) is 11.9 Å². The SMILES string of the molecule is CC(=O)NCC(=O)NCC1Cc2cccc(-c3nc(C)cc(C)n3)c2O1. The first-order valence-electron chi connectivity index (χ1n) is 8.54. The van der Waals surface area contributed by atoms with E-state index >= 15 is 0 Å². The van der Waals surface area contributed by atoms with Gasteiger partial charge in [-0.15, -0.1) is 0 Å². The molecule has 0 bridgehead atoms. The molecule has 2 amide bonds. The Hall–Kier alpha value is -2.96. The third-order valence-electron chi connectivity index (χ3n) is 4.08. The van der Waals surface area contributed by atoms with E-state index in [1.165, 1.54) is 6.92 Å². The highest BCUT2D eigenvalue weighted by Gasteiger charge is 2.27. The van der Waals surface area contributed by atoms with Crippen LogP contribution in [0.4, 0.5) is 0 Å². The lowest BCUT2D eigenvalue weighted by Crippen LogP contribution is -2.40. The van der Waals surface area contributed by atoms with Crippen molar-refractivity contribution in [2.24, 2.45) is 0 Å². The Bertz CT molecular complexity index is 830. The molecule has 1 atom stereocenters. The first-order valence-corrected chi connectivity index (χ1v) is 8.54. The average Bonchev–Trinajstić information content (AvgIpc) is 3.00. The maximum Gasteiger partial charge on any atom is 0.239 e. The van der Waals surface area contributed by atoms with E-state index in [9.17, 15) is 9.59 Å². The number of hydrogen-bond acceptors (Lipinski definition) is 5. The van der Waals surface area contributed by atoms with Crippen molar-refractivity contribution in [1.82, 2.24) is 20.6 Å². The summed E-state index contributed by atoms with van der Waals surface area (Å²) in [6.45, 7) is 5.60. The maximum atomic E-state index is 11.7. The molecule has 2 heterocycles. The minimum absolute atomic E-state index is 0.0311. The zero-order valence-corrected chi connectivity index (χ0v) is 15.1. The molecule has 0 aliphatic carbocycles. The molecule has 7 heteroatoms. The van der Waals surface area contributed by atoms with Crippen molar-refractivity contribution in [3.63, 3.8) is 0 Å². The van der Waals surface area contributed by atoms with Crippen LogP contribution in [0, 0.1) is 13.8 Å². The van der Waals surface area contributed by atoms with Gasteiger partial charge in [0.25, 0.3) is 0 Å². The fourth-order valence-corrected chi connectivity index (χ4v) is 2.97. The summed E-state index contributed by atoms with van der Waals surface area (Å²) in [6, 6.07) is 7.86. The third-order valence-corrected chi connectivity index (χ3v) is 4.08. The monoisotopic (exact) mass is 354 g/mol. The fourth-order valence-electron chi connectivity index (χ4n) is 2.97. The number of carbonyl (C=O) groups is 2. The minimum Gasteiger partial charge on any atom is -0.487 e.